The Kier molecular flexibility index (Phi) is 4.01. The highest BCUT2D eigenvalue weighted by molar-refractivity contribution is 6.32. The Labute approximate surface area is 150 Å². The molecule has 2 N–H and O–H groups in total. The SMILES string of the molecule is Cc1cc(O)c(Cl)cc1-c1cnc2c(N3CCC(O)CC3)nccn12. The molecule has 1 aliphatic rings. The number of nitrogens with zero attached hydrogens (tertiary/aromatic N) is 4. The van der Waals surface area contributed by atoms with Gasteiger partial charge in [-0.05, 0) is 37.5 Å². The summed E-state index contributed by atoms with van der Waals surface area (Å²) in [5.74, 6) is 0.897. The zero-order valence-electron chi connectivity index (χ0n) is 13.9. The number of aliphatic hydroxyl groups excluding tert-OH is 1. The van der Waals surface area contributed by atoms with Crippen molar-refractivity contribution in [3.8, 4) is 17.0 Å². The van der Waals surface area contributed by atoms with Crippen LogP contribution in [0, 0.1) is 6.92 Å². The summed E-state index contributed by atoms with van der Waals surface area (Å²) in [7, 11) is 0. The number of hydrogen-bond donors (Lipinski definition) is 2. The first-order valence-corrected chi connectivity index (χ1v) is 8.67. The summed E-state index contributed by atoms with van der Waals surface area (Å²) in [6.07, 6.45) is 6.69. The topological polar surface area (TPSA) is 73.9 Å². The number of anilines is 1. The van der Waals surface area contributed by atoms with E-state index >= 15 is 0 Å². The summed E-state index contributed by atoms with van der Waals surface area (Å²) < 4.78 is 1.99. The fourth-order valence-corrected chi connectivity index (χ4v) is 3.51. The molecule has 1 saturated heterocycles. The Morgan fingerprint density at radius 2 is 1.96 bits per heavy atom. The van der Waals surface area contributed by atoms with E-state index in [2.05, 4.69) is 14.9 Å². The molecule has 130 valence electrons. The van der Waals surface area contributed by atoms with Crippen LogP contribution in [0.1, 0.15) is 18.4 Å². The highest BCUT2D eigenvalue weighted by Gasteiger charge is 2.22. The van der Waals surface area contributed by atoms with E-state index in [-0.39, 0.29) is 11.9 Å². The molecule has 4 rings (SSSR count). The fraction of sp³-hybridized carbons (Fsp3) is 0.333. The molecular weight excluding hydrogens is 340 g/mol. The molecule has 0 atom stereocenters. The number of piperidine rings is 1. The van der Waals surface area contributed by atoms with Crippen LogP contribution in [-0.4, -0.2) is 43.8 Å². The minimum Gasteiger partial charge on any atom is -0.506 e. The number of halogens is 1. The molecule has 0 radical (unpaired) electrons. The van der Waals surface area contributed by atoms with Crippen molar-refractivity contribution in [1.82, 2.24) is 14.4 Å². The largest absolute Gasteiger partial charge is 0.506 e. The summed E-state index contributed by atoms with van der Waals surface area (Å²) in [5.41, 5.74) is 3.51. The van der Waals surface area contributed by atoms with E-state index in [1.54, 1.807) is 24.5 Å². The van der Waals surface area contributed by atoms with Gasteiger partial charge in [-0.25, -0.2) is 9.97 Å². The molecule has 0 aliphatic carbocycles. The van der Waals surface area contributed by atoms with Crippen LogP contribution in [-0.2, 0) is 0 Å². The van der Waals surface area contributed by atoms with Crippen LogP contribution in [0.15, 0.2) is 30.7 Å². The Hall–Kier alpha value is -2.31. The maximum atomic E-state index is 9.78. The third kappa shape index (κ3) is 2.81. The molecule has 0 unspecified atom stereocenters. The van der Waals surface area contributed by atoms with Gasteiger partial charge in [0.1, 0.15) is 5.75 Å². The number of benzene rings is 1. The number of fused-ring (bicyclic) bond motifs is 1. The third-order valence-electron chi connectivity index (χ3n) is 4.74. The lowest BCUT2D eigenvalue weighted by atomic mass is 10.1. The normalized spacial score (nSPS) is 15.9. The van der Waals surface area contributed by atoms with Gasteiger partial charge < -0.3 is 15.1 Å². The monoisotopic (exact) mass is 358 g/mol. The van der Waals surface area contributed by atoms with E-state index < -0.39 is 0 Å². The average Bonchev–Trinajstić information content (AvgIpc) is 3.03. The molecule has 1 aliphatic heterocycles. The van der Waals surface area contributed by atoms with Gasteiger partial charge in [-0.2, -0.15) is 0 Å². The number of phenolic OH excluding ortho intramolecular Hbond substituents is 1. The average molecular weight is 359 g/mol. The van der Waals surface area contributed by atoms with Crippen LogP contribution >= 0.6 is 11.6 Å². The van der Waals surface area contributed by atoms with Crippen LogP contribution in [0.3, 0.4) is 0 Å². The Balaban J connectivity index is 1.81. The first-order valence-electron chi connectivity index (χ1n) is 8.29. The second-order valence-corrected chi connectivity index (χ2v) is 6.83. The van der Waals surface area contributed by atoms with Gasteiger partial charge in [0, 0.05) is 31.0 Å². The maximum Gasteiger partial charge on any atom is 0.180 e. The molecule has 0 amide bonds. The second kappa shape index (κ2) is 6.20. The van der Waals surface area contributed by atoms with E-state index in [0.717, 1.165) is 54.2 Å². The van der Waals surface area contributed by atoms with Gasteiger partial charge in [-0.15, -0.1) is 0 Å². The number of rotatable bonds is 2. The lowest BCUT2D eigenvalue weighted by molar-refractivity contribution is 0.145. The van der Waals surface area contributed by atoms with E-state index in [1.165, 1.54) is 0 Å². The van der Waals surface area contributed by atoms with E-state index in [0.29, 0.717) is 5.02 Å². The van der Waals surface area contributed by atoms with Crippen LogP contribution in [0.4, 0.5) is 5.82 Å². The molecule has 2 aromatic heterocycles. The number of aliphatic hydroxyl groups is 1. The van der Waals surface area contributed by atoms with Crippen molar-refractivity contribution in [3.05, 3.63) is 41.3 Å². The standard InChI is InChI=1S/C18H19ClN4O2/c1-11-8-16(25)14(19)9-13(11)15-10-21-18-17(20-4-7-23(15)18)22-5-2-12(24)3-6-22/h4,7-10,12,24-25H,2-3,5-6H2,1H3. The lowest BCUT2D eigenvalue weighted by Crippen LogP contribution is -2.36. The number of phenols is 1. The van der Waals surface area contributed by atoms with Crippen molar-refractivity contribution in [3.63, 3.8) is 0 Å². The van der Waals surface area contributed by atoms with Crippen LogP contribution in [0.5, 0.6) is 5.75 Å². The molecule has 1 aromatic carbocycles. The molecule has 0 spiro atoms. The molecule has 1 fully saturated rings. The Bertz CT molecular complexity index is 932. The molecule has 0 saturated carbocycles. The van der Waals surface area contributed by atoms with E-state index in [9.17, 15) is 10.2 Å². The smallest absolute Gasteiger partial charge is 0.180 e. The summed E-state index contributed by atoms with van der Waals surface area (Å²) in [5, 5.41) is 19.8. The summed E-state index contributed by atoms with van der Waals surface area (Å²) >= 11 is 6.10. The van der Waals surface area contributed by atoms with Crippen LogP contribution < -0.4 is 4.90 Å². The zero-order valence-corrected chi connectivity index (χ0v) is 14.6. The van der Waals surface area contributed by atoms with Gasteiger partial charge in [-0.1, -0.05) is 11.6 Å². The fourth-order valence-electron chi connectivity index (χ4n) is 3.35. The predicted octanol–water partition coefficient (Wildman–Crippen LogP) is 3.02. The number of hydrogen-bond acceptors (Lipinski definition) is 5. The molecule has 3 aromatic rings. The predicted molar refractivity (Wildman–Crippen MR) is 97.3 cm³/mol. The molecule has 3 heterocycles. The van der Waals surface area contributed by atoms with Crippen molar-refractivity contribution in [2.24, 2.45) is 0 Å². The molecular formula is C18H19ClN4O2. The highest BCUT2D eigenvalue weighted by atomic mass is 35.5. The number of aromatic nitrogens is 3. The van der Waals surface area contributed by atoms with Crippen LogP contribution in [0.25, 0.3) is 16.9 Å². The maximum absolute atomic E-state index is 9.78. The Morgan fingerprint density at radius 3 is 2.72 bits per heavy atom. The molecule has 7 heteroatoms. The zero-order chi connectivity index (χ0) is 17.6. The third-order valence-corrected chi connectivity index (χ3v) is 5.05. The number of aromatic hydroxyl groups is 1. The van der Waals surface area contributed by atoms with Gasteiger partial charge in [0.05, 0.1) is 23.0 Å². The lowest BCUT2D eigenvalue weighted by Gasteiger charge is -2.30. The quantitative estimate of drug-likeness (QED) is 0.736. The van der Waals surface area contributed by atoms with Crippen molar-refractivity contribution >= 4 is 23.1 Å². The van der Waals surface area contributed by atoms with Gasteiger partial charge in [0.2, 0.25) is 0 Å². The van der Waals surface area contributed by atoms with Crippen molar-refractivity contribution < 1.29 is 10.2 Å². The van der Waals surface area contributed by atoms with Crippen molar-refractivity contribution in [1.29, 1.82) is 0 Å². The van der Waals surface area contributed by atoms with Gasteiger partial charge in [-0.3, -0.25) is 4.40 Å². The van der Waals surface area contributed by atoms with Gasteiger partial charge >= 0.3 is 0 Å². The first kappa shape index (κ1) is 16.2. The minimum absolute atomic E-state index is 0.0750. The molecule has 6 nitrogen and oxygen atoms in total. The summed E-state index contributed by atoms with van der Waals surface area (Å²) in [6.45, 7) is 3.46. The van der Waals surface area contributed by atoms with E-state index in [1.807, 2.05) is 17.5 Å². The summed E-state index contributed by atoms with van der Waals surface area (Å²) in [6, 6.07) is 3.41. The minimum atomic E-state index is -0.229. The highest BCUT2D eigenvalue weighted by Crippen LogP contribution is 2.34. The Morgan fingerprint density at radius 1 is 1.20 bits per heavy atom. The van der Waals surface area contributed by atoms with Crippen molar-refractivity contribution in [2.45, 2.75) is 25.9 Å². The van der Waals surface area contributed by atoms with Gasteiger partial charge in [0.25, 0.3) is 0 Å². The number of aryl methyl sites for hydroxylation is 1. The first-order chi connectivity index (χ1) is 12.0. The van der Waals surface area contributed by atoms with Gasteiger partial charge in [0.15, 0.2) is 11.5 Å². The van der Waals surface area contributed by atoms with Crippen molar-refractivity contribution in [2.75, 3.05) is 18.0 Å². The number of imidazole rings is 1. The van der Waals surface area contributed by atoms with Crippen LogP contribution in [0.2, 0.25) is 5.02 Å². The second-order valence-electron chi connectivity index (χ2n) is 6.42. The molecule has 0 bridgehead atoms. The molecule has 25 heavy (non-hydrogen) atoms. The summed E-state index contributed by atoms with van der Waals surface area (Å²) in [4.78, 5) is 11.2. The van der Waals surface area contributed by atoms with E-state index in [4.69, 9.17) is 11.6 Å².